The van der Waals surface area contributed by atoms with E-state index in [1.165, 1.54) is 17.2 Å². The normalized spacial score (nSPS) is 27.8. The fourth-order valence-electron chi connectivity index (χ4n) is 2.39. The average molecular weight is 269 g/mol. The van der Waals surface area contributed by atoms with E-state index in [9.17, 15) is 20.4 Å². The van der Waals surface area contributed by atoms with Crippen molar-refractivity contribution in [3.8, 4) is 11.5 Å². The van der Waals surface area contributed by atoms with Crippen molar-refractivity contribution in [1.82, 2.24) is 5.06 Å². The van der Waals surface area contributed by atoms with Gasteiger partial charge in [-0.2, -0.15) is 0 Å². The summed E-state index contributed by atoms with van der Waals surface area (Å²) >= 11 is 0. The zero-order valence-electron chi connectivity index (χ0n) is 10.7. The summed E-state index contributed by atoms with van der Waals surface area (Å²) < 4.78 is 0. The van der Waals surface area contributed by atoms with Gasteiger partial charge in [0.15, 0.2) is 0 Å². The monoisotopic (exact) mass is 269 g/mol. The van der Waals surface area contributed by atoms with Crippen molar-refractivity contribution >= 4 is 0 Å². The lowest BCUT2D eigenvalue weighted by Crippen LogP contribution is -2.37. The number of hydroxylamine groups is 2. The number of aliphatic hydroxyl groups excluding tert-OH is 2. The van der Waals surface area contributed by atoms with Gasteiger partial charge in [0.2, 0.25) is 0 Å². The lowest BCUT2D eigenvalue weighted by molar-refractivity contribution is -0.276. The van der Waals surface area contributed by atoms with Crippen LogP contribution >= 0.6 is 0 Å². The molecule has 1 aliphatic heterocycles. The van der Waals surface area contributed by atoms with Crippen molar-refractivity contribution < 1.29 is 25.3 Å². The number of phenolic OH excluding ortho intramolecular Hbond substituents is 2. The Hall–Kier alpha value is -1.34. The molecule has 19 heavy (non-hydrogen) atoms. The Labute approximate surface area is 111 Å². The Morgan fingerprint density at radius 2 is 2.05 bits per heavy atom. The third kappa shape index (κ3) is 2.98. The predicted octanol–water partition coefficient (Wildman–Crippen LogP) is 0.550. The molecule has 1 aromatic rings. The van der Waals surface area contributed by atoms with Crippen LogP contribution in [0.1, 0.15) is 18.9 Å². The van der Waals surface area contributed by atoms with Crippen LogP contribution in [0.5, 0.6) is 11.5 Å². The first kappa shape index (κ1) is 14.1. The van der Waals surface area contributed by atoms with Gasteiger partial charge in [0.1, 0.15) is 24.0 Å². The molecule has 2 rings (SSSR count). The summed E-state index contributed by atoms with van der Waals surface area (Å²) in [5, 5.41) is 40.0. The van der Waals surface area contributed by atoms with Gasteiger partial charge in [0.05, 0.1) is 6.61 Å². The number of hydrogen-bond acceptors (Lipinski definition) is 6. The Balaban J connectivity index is 2.07. The van der Waals surface area contributed by atoms with E-state index in [0.717, 1.165) is 0 Å². The van der Waals surface area contributed by atoms with Crippen LogP contribution in [0.15, 0.2) is 18.2 Å². The highest BCUT2D eigenvalue weighted by Gasteiger charge is 2.40. The van der Waals surface area contributed by atoms with E-state index in [0.29, 0.717) is 25.0 Å². The third-order valence-corrected chi connectivity index (χ3v) is 3.32. The highest BCUT2D eigenvalue weighted by atomic mass is 16.7. The molecule has 3 atom stereocenters. The minimum absolute atomic E-state index is 0.0100. The van der Waals surface area contributed by atoms with Gasteiger partial charge in [-0.15, -0.1) is 5.06 Å². The van der Waals surface area contributed by atoms with E-state index in [1.54, 1.807) is 13.0 Å². The van der Waals surface area contributed by atoms with Gasteiger partial charge >= 0.3 is 0 Å². The van der Waals surface area contributed by atoms with E-state index < -0.39 is 12.5 Å². The molecule has 0 amide bonds. The van der Waals surface area contributed by atoms with Crippen LogP contribution in [0.3, 0.4) is 0 Å². The highest BCUT2D eigenvalue weighted by molar-refractivity contribution is 5.39. The Morgan fingerprint density at radius 1 is 1.32 bits per heavy atom. The molecule has 4 N–H and O–H groups in total. The molecule has 6 heteroatoms. The molecule has 0 aliphatic carbocycles. The van der Waals surface area contributed by atoms with E-state index in [1.807, 2.05) is 0 Å². The minimum Gasteiger partial charge on any atom is -0.508 e. The third-order valence-electron chi connectivity index (χ3n) is 3.32. The second kappa shape index (κ2) is 5.75. The smallest absolute Gasteiger partial charge is 0.136 e. The van der Waals surface area contributed by atoms with Gasteiger partial charge in [0, 0.05) is 12.0 Å². The molecule has 0 saturated carbocycles. The Bertz CT molecular complexity index is 439. The molecule has 1 heterocycles. The summed E-state index contributed by atoms with van der Waals surface area (Å²) in [6.45, 7) is 2.14. The largest absolute Gasteiger partial charge is 0.508 e. The van der Waals surface area contributed by atoms with Crippen LogP contribution in [0.2, 0.25) is 0 Å². The van der Waals surface area contributed by atoms with Crippen molar-refractivity contribution in [1.29, 1.82) is 0 Å². The lowest BCUT2D eigenvalue weighted by atomic mass is 9.96. The molecule has 0 aromatic heterocycles. The van der Waals surface area contributed by atoms with Crippen molar-refractivity contribution in [3.63, 3.8) is 0 Å². The van der Waals surface area contributed by atoms with Crippen molar-refractivity contribution in [2.45, 2.75) is 32.2 Å². The first-order chi connectivity index (χ1) is 9.02. The highest BCUT2D eigenvalue weighted by Crippen LogP contribution is 2.33. The van der Waals surface area contributed by atoms with Gasteiger partial charge in [-0.25, -0.2) is 0 Å². The van der Waals surface area contributed by atoms with Gasteiger partial charge in [0.25, 0.3) is 0 Å². The predicted molar refractivity (Wildman–Crippen MR) is 67.1 cm³/mol. The van der Waals surface area contributed by atoms with Crippen LogP contribution in [0, 0.1) is 5.92 Å². The lowest BCUT2D eigenvalue weighted by Gasteiger charge is -2.23. The van der Waals surface area contributed by atoms with Gasteiger partial charge in [-0.1, -0.05) is 6.07 Å². The number of rotatable bonds is 4. The molecule has 1 aromatic carbocycles. The number of aromatic hydroxyl groups is 2. The zero-order chi connectivity index (χ0) is 14.0. The van der Waals surface area contributed by atoms with Crippen molar-refractivity contribution in [2.24, 2.45) is 5.92 Å². The summed E-state index contributed by atoms with van der Waals surface area (Å²) in [4.78, 5) is 5.18. The van der Waals surface area contributed by atoms with Gasteiger partial charge in [-0.3, -0.25) is 4.84 Å². The van der Waals surface area contributed by atoms with E-state index in [4.69, 9.17) is 4.84 Å². The molecular formula is C13H19NO5. The summed E-state index contributed by atoms with van der Waals surface area (Å²) in [7, 11) is 0. The number of hydrogen-bond donors (Lipinski definition) is 4. The molecule has 0 radical (unpaired) electrons. The maximum Gasteiger partial charge on any atom is 0.136 e. The summed E-state index contributed by atoms with van der Waals surface area (Å²) in [6.07, 6.45) is -1.00. The van der Waals surface area contributed by atoms with Gasteiger partial charge < -0.3 is 20.4 Å². The number of nitrogens with zero attached hydrogens (tertiary/aromatic N) is 1. The Morgan fingerprint density at radius 3 is 2.68 bits per heavy atom. The molecule has 1 saturated heterocycles. The zero-order valence-corrected chi connectivity index (χ0v) is 10.7. The molecule has 6 nitrogen and oxygen atoms in total. The first-order valence-corrected chi connectivity index (χ1v) is 6.31. The van der Waals surface area contributed by atoms with Crippen LogP contribution < -0.4 is 0 Å². The maximum absolute atomic E-state index is 10.1. The van der Waals surface area contributed by atoms with Gasteiger partial charge in [-0.05, 0) is 31.4 Å². The van der Waals surface area contributed by atoms with Crippen molar-refractivity contribution in [3.05, 3.63) is 23.8 Å². The van der Waals surface area contributed by atoms with Crippen molar-refractivity contribution in [2.75, 3.05) is 6.61 Å². The molecule has 3 unspecified atom stereocenters. The van der Waals surface area contributed by atoms with Crippen LogP contribution in [0.4, 0.5) is 0 Å². The van der Waals surface area contributed by atoms with E-state index in [-0.39, 0.29) is 17.4 Å². The maximum atomic E-state index is 10.1. The first-order valence-electron chi connectivity index (χ1n) is 6.31. The second-order valence-corrected chi connectivity index (χ2v) is 4.68. The number of phenols is 2. The topological polar surface area (TPSA) is 93.4 Å². The van der Waals surface area contributed by atoms with E-state index >= 15 is 0 Å². The quantitative estimate of drug-likeness (QED) is 0.638. The standard InChI is InChI=1S/C13H19NO5/c1-2-19-14-12(17)6-9(13(14)18)5-8-3-4-10(15)7-11(8)16/h3-4,7,9,12-13,15-18H,2,5-6H2,1H3. The molecule has 1 aliphatic rings. The molecular weight excluding hydrogens is 250 g/mol. The number of aliphatic hydroxyl groups is 2. The Kier molecular flexibility index (Phi) is 4.26. The minimum atomic E-state index is -0.914. The fraction of sp³-hybridized carbons (Fsp3) is 0.538. The van der Waals surface area contributed by atoms with Crippen LogP contribution in [-0.2, 0) is 11.3 Å². The van der Waals surface area contributed by atoms with E-state index in [2.05, 4.69) is 0 Å². The van der Waals surface area contributed by atoms with Crippen LogP contribution in [-0.4, -0.2) is 44.6 Å². The number of benzene rings is 1. The van der Waals surface area contributed by atoms with Crippen LogP contribution in [0.25, 0.3) is 0 Å². The SMILES string of the molecule is CCON1C(O)CC(Cc2ccc(O)cc2O)C1O. The fourth-order valence-corrected chi connectivity index (χ4v) is 2.39. The molecule has 0 bridgehead atoms. The molecule has 1 fully saturated rings. The molecule has 106 valence electrons. The second-order valence-electron chi connectivity index (χ2n) is 4.68. The summed E-state index contributed by atoms with van der Waals surface area (Å²) in [5.41, 5.74) is 0.618. The molecule has 0 spiro atoms. The average Bonchev–Trinajstić information content (AvgIpc) is 2.61. The summed E-state index contributed by atoms with van der Waals surface area (Å²) in [5.74, 6) is -0.266. The summed E-state index contributed by atoms with van der Waals surface area (Å²) in [6, 6.07) is 4.34.